The van der Waals surface area contributed by atoms with Gasteiger partial charge in [0.2, 0.25) is 0 Å². The third-order valence-electron chi connectivity index (χ3n) is 4.33. The van der Waals surface area contributed by atoms with Crippen LogP contribution in [-0.2, 0) is 13.0 Å². The molecular formula is C21H29N7. The van der Waals surface area contributed by atoms with Crippen molar-refractivity contribution < 1.29 is 0 Å². The average molecular weight is 380 g/mol. The Bertz CT molecular complexity index is 847. The van der Waals surface area contributed by atoms with Crippen LogP contribution in [0.3, 0.4) is 0 Å². The van der Waals surface area contributed by atoms with Crippen LogP contribution in [0.1, 0.15) is 24.5 Å². The van der Waals surface area contributed by atoms with E-state index in [0.717, 1.165) is 50.7 Å². The quantitative estimate of drug-likeness (QED) is 0.340. The molecule has 0 bridgehead atoms. The van der Waals surface area contributed by atoms with Gasteiger partial charge in [0.1, 0.15) is 0 Å². The lowest BCUT2D eigenvalue weighted by atomic mass is 10.1. The molecule has 0 fully saturated rings. The molecule has 3 aromatic rings. The lowest BCUT2D eigenvalue weighted by molar-refractivity contribution is 0.583. The SMILES string of the molecule is CCNC(=NCCCn1cc(C)cn1)NCCc1ccc(-n2cccn2)cc1. The number of nitrogens with one attached hydrogen (secondary N) is 2. The molecule has 7 nitrogen and oxygen atoms in total. The zero-order chi connectivity index (χ0) is 19.6. The molecule has 2 aromatic heterocycles. The molecule has 0 aliphatic heterocycles. The number of aryl methyl sites for hydroxylation is 2. The van der Waals surface area contributed by atoms with Crippen molar-refractivity contribution in [1.82, 2.24) is 30.2 Å². The second kappa shape index (κ2) is 10.3. The van der Waals surface area contributed by atoms with Crippen molar-refractivity contribution in [3.63, 3.8) is 0 Å². The second-order valence-electron chi connectivity index (χ2n) is 6.69. The van der Waals surface area contributed by atoms with Crippen LogP contribution in [0.2, 0.25) is 0 Å². The first-order chi connectivity index (χ1) is 13.7. The van der Waals surface area contributed by atoms with E-state index in [4.69, 9.17) is 0 Å². The number of guanidine groups is 1. The summed E-state index contributed by atoms with van der Waals surface area (Å²) in [5.74, 6) is 0.868. The Labute approximate surface area is 166 Å². The van der Waals surface area contributed by atoms with E-state index in [1.807, 2.05) is 27.8 Å². The summed E-state index contributed by atoms with van der Waals surface area (Å²) in [5.41, 5.74) is 3.55. The van der Waals surface area contributed by atoms with Gasteiger partial charge in [0.05, 0.1) is 11.9 Å². The maximum Gasteiger partial charge on any atom is 0.191 e. The first kappa shape index (κ1) is 19.7. The number of nitrogens with zero attached hydrogens (tertiary/aromatic N) is 5. The van der Waals surface area contributed by atoms with E-state index >= 15 is 0 Å². The van der Waals surface area contributed by atoms with Crippen molar-refractivity contribution in [3.05, 3.63) is 66.2 Å². The van der Waals surface area contributed by atoms with Crippen molar-refractivity contribution in [3.8, 4) is 5.69 Å². The van der Waals surface area contributed by atoms with Gasteiger partial charge in [-0.2, -0.15) is 10.2 Å². The van der Waals surface area contributed by atoms with Gasteiger partial charge < -0.3 is 10.6 Å². The Balaban J connectivity index is 1.42. The van der Waals surface area contributed by atoms with Gasteiger partial charge in [0, 0.05) is 44.8 Å². The molecule has 0 saturated carbocycles. The molecule has 1 aromatic carbocycles. The highest BCUT2D eigenvalue weighted by Gasteiger charge is 2.00. The van der Waals surface area contributed by atoms with Gasteiger partial charge in [-0.25, -0.2) is 4.68 Å². The van der Waals surface area contributed by atoms with E-state index in [1.165, 1.54) is 11.1 Å². The maximum atomic E-state index is 4.66. The molecule has 3 rings (SSSR count). The Morgan fingerprint density at radius 3 is 2.68 bits per heavy atom. The zero-order valence-electron chi connectivity index (χ0n) is 16.7. The minimum absolute atomic E-state index is 0.771. The van der Waals surface area contributed by atoms with Crippen molar-refractivity contribution >= 4 is 5.96 Å². The van der Waals surface area contributed by atoms with E-state index in [-0.39, 0.29) is 0 Å². The molecular weight excluding hydrogens is 350 g/mol. The molecule has 0 spiro atoms. The van der Waals surface area contributed by atoms with Crippen molar-refractivity contribution in [1.29, 1.82) is 0 Å². The molecule has 0 radical (unpaired) electrons. The van der Waals surface area contributed by atoms with Gasteiger partial charge in [-0.15, -0.1) is 0 Å². The number of aliphatic imine (C=N–C) groups is 1. The first-order valence-electron chi connectivity index (χ1n) is 9.85. The van der Waals surface area contributed by atoms with Crippen LogP contribution < -0.4 is 10.6 Å². The smallest absolute Gasteiger partial charge is 0.191 e. The summed E-state index contributed by atoms with van der Waals surface area (Å²) >= 11 is 0. The highest BCUT2D eigenvalue weighted by Crippen LogP contribution is 2.08. The topological polar surface area (TPSA) is 72.1 Å². The van der Waals surface area contributed by atoms with Crippen LogP contribution in [0.15, 0.2) is 60.1 Å². The number of rotatable bonds is 9. The zero-order valence-corrected chi connectivity index (χ0v) is 16.7. The Kier molecular flexibility index (Phi) is 7.23. The Morgan fingerprint density at radius 2 is 2.00 bits per heavy atom. The van der Waals surface area contributed by atoms with E-state index in [9.17, 15) is 0 Å². The van der Waals surface area contributed by atoms with Gasteiger partial charge in [0.15, 0.2) is 5.96 Å². The summed E-state index contributed by atoms with van der Waals surface area (Å²) in [7, 11) is 0. The predicted molar refractivity (Wildman–Crippen MR) is 113 cm³/mol. The molecule has 28 heavy (non-hydrogen) atoms. The van der Waals surface area contributed by atoms with E-state index < -0.39 is 0 Å². The number of hydrogen-bond acceptors (Lipinski definition) is 3. The number of aromatic nitrogens is 4. The van der Waals surface area contributed by atoms with Crippen LogP contribution in [-0.4, -0.2) is 45.2 Å². The third-order valence-corrected chi connectivity index (χ3v) is 4.33. The summed E-state index contributed by atoms with van der Waals surface area (Å²) in [6.45, 7) is 7.48. The van der Waals surface area contributed by atoms with Gasteiger partial charge >= 0.3 is 0 Å². The maximum absolute atomic E-state index is 4.66. The van der Waals surface area contributed by atoms with Gasteiger partial charge in [-0.3, -0.25) is 9.67 Å². The minimum Gasteiger partial charge on any atom is -0.357 e. The molecule has 0 unspecified atom stereocenters. The van der Waals surface area contributed by atoms with Gasteiger partial charge in [-0.05, 0) is 56.0 Å². The lowest BCUT2D eigenvalue weighted by Gasteiger charge is -2.11. The summed E-state index contributed by atoms with van der Waals surface area (Å²) in [6.07, 6.45) is 9.59. The summed E-state index contributed by atoms with van der Waals surface area (Å²) in [6, 6.07) is 10.4. The average Bonchev–Trinajstić information content (AvgIpc) is 3.38. The summed E-state index contributed by atoms with van der Waals surface area (Å²) < 4.78 is 3.83. The fourth-order valence-electron chi connectivity index (χ4n) is 2.92. The number of hydrogen-bond donors (Lipinski definition) is 2. The monoisotopic (exact) mass is 379 g/mol. The van der Waals surface area contributed by atoms with Crippen molar-refractivity contribution in [2.75, 3.05) is 19.6 Å². The van der Waals surface area contributed by atoms with Crippen molar-refractivity contribution in [2.45, 2.75) is 33.2 Å². The third kappa shape index (κ3) is 5.97. The lowest BCUT2D eigenvalue weighted by Crippen LogP contribution is -2.38. The molecule has 148 valence electrons. The van der Waals surface area contributed by atoms with E-state index in [0.29, 0.717) is 0 Å². The largest absolute Gasteiger partial charge is 0.357 e. The fraction of sp³-hybridized carbons (Fsp3) is 0.381. The van der Waals surface area contributed by atoms with Crippen LogP contribution in [0, 0.1) is 6.92 Å². The molecule has 7 heteroatoms. The summed E-state index contributed by atoms with van der Waals surface area (Å²) in [4.78, 5) is 4.66. The fourth-order valence-corrected chi connectivity index (χ4v) is 2.92. The molecule has 0 aliphatic carbocycles. The van der Waals surface area contributed by atoms with Crippen molar-refractivity contribution in [2.24, 2.45) is 4.99 Å². The predicted octanol–water partition coefficient (Wildman–Crippen LogP) is 2.57. The minimum atomic E-state index is 0.771. The normalized spacial score (nSPS) is 11.6. The molecule has 0 aliphatic rings. The van der Waals surface area contributed by atoms with Gasteiger partial charge in [0.25, 0.3) is 0 Å². The van der Waals surface area contributed by atoms with E-state index in [1.54, 1.807) is 6.20 Å². The molecule has 0 atom stereocenters. The van der Waals surface area contributed by atoms with Crippen LogP contribution in [0.5, 0.6) is 0 Å². The van der Waals surface area contributed by atoms with E-state index in [2.05, 4.69) is 70.1 Å². The standard InChI is InChI=1S/C21H29N7/c1-3-22-21(23-11-4-14-27-17-18(2)16-26-27)24-13-10-19-6-8-20(9-7-19)28-15-5-12-25-28/h5-9,12,15-17H,3-4,10-11,13-14H2,1-2H3,(H2,22,23,24). The Hall–Kier alpha value is -3.09. The highest BCUT2D eigenvalue weighted by atomic mass is 15.3. The first-order valence-corrected chi connectivity index (χ1v) is 9.85. The van der Waals surface area contributed by atoms with Crippen LogP contribution in [0.4, 0.5) is 0 Å². The highest BCUT2D eigenvalue weighted by molar-refractivity contribution is 5.79. The molecule has 0 saturated heterocycles. The molecule has 2 heterocycles. The summed E-state index contributed by atoms with van der Waals surface area (Å²) in [5, 5.41) is 15.3. The number of benzene rings is 1. The molecule has 2 N–H and O–H groups in total. The second-order valence-corrected chi connectivity index (χ2v) is 6.69. The Morgan fingerprint density at radius 1 is 1.14 bits per heavy atom. The van der Waals surface area contributed by atoms with Gasteiger partial charge in [-0.1, -0.05) is 12.1 Å². The van der Waals surface area contributed by atoms with Crippen LogP contribution in [0.25, 0.3) is 5.69 Å². The van der Waals surface area contributed by atoms with Crippen LogP contribution >= 0.6 is 0 Å². The molecule has 0 amide bonds.